The zero-order valence-electron chi connectivity index (χ0n) is 8.90. The molecule has 0 radical (unpaired) electrons. The Labute approximate surface area is 77.3 Å². The van der Waals surface area contributed by atoms with E-state index in [2.05, 4.69) is 31.0 Å². The molecule has 0 aliphatic carbocycles. The van der Waals surface area contributed by atoms with Crippen LogP contribution in [0.1, 0.15) is 33.6 Å². The molecule has 1 heterocycles. The third kappa shape index (κ3) is 6.62. The molecule has 1 N–H and O–H groups in total. The number of rotatable bonds is 3. The predicted molar refractivity (Wildman–Crippen MR) is 55.6 cm³/mol. The molecule has 1 saturated heterocycles. The Hall–Kier alpha value is -0.0800. The Balaban J connectivity index is 0.000000211. The molecule has 2 nitrogen and oxygen atoms in total. The second-order valence-corrected chi connectivity index (χ2v) is 3.08. The number of nitrogens with one attached hydrogen (secondary N) is 1. The van der Waals surface area contributed by atoms with E-state index in [1.165, 1.54) is 45.6 Å². The fourth-order valence-electron chi connectivity index (χ4n) is 1.30. The molecule has 0 spiro atoms. The lowest BCUT2D eigenvalue weighted by atomic mass is 10.4. The van der Waals surface area contributed by atoms with Crippen molar-refractivity contribution >= 4 is 0 Å². The number of hydrogen-bond acceptors (Lipinski definition) is 2. The first kappa shape index (κ1) is 11.9. The summed E-state index contributed by atoms with van der Waals surface area (Å²) in [6.07, 6.45) is 2.78. The van der Waals surface area contributed by atoms with E-state index in [1.54, 1.807) is 0 Å². The molecular formula is C10H24N2. The van der Waals surface area contributed by atoms with Gasteiger partial charge in [-0.05, 0) is 45.6 Å². The summed E-state index contributed by atoms with van der Waals surface area (Å²) < 4.78 is 0. The fraction of sp³-hybridized carbons (Fsp3) is 1.00. The molecule has 0 saturated carbocycles. The van der Waals surface area contributed by atoms with Crippen LogP contribution in [0.15, 0.2) is 0 Å². The minimum atomic E-state index is 1.19. The Kier molecular flexibility index (Phi) is 8.95. The summed E-state index contributed by atoms with van der Waals surface area (Å²) in [5, 5.41) is 3.22. The molecular weight excluding hydrogens is 148 g/mol. The van der Waals surface area contributed by atoms with Crippen molar-refractivity contribution in [3.05, 3.63) is 0 Å². The van der Waals surface area contributed by atoms with Crippen LogP contribution in [0.2, 0.25) is 0 Å². The van der Waals surface area contributed by atoms with Crippen LogP contribution in [0, 0.1) is 0 Å². The van der Waals surface area contributed by atoms with Gasteiger partial charge in [-0.25, -0.2) is 0 Å². The lowest BCUT2D eigenvalue weighted by Gasteiger charge is -2.13. The van der Waals surface area contributed by atoms with Crippen LogP contribution in [0.4, 0.5) is 0 Å². The maximum Gasteiger partial charge on any atom is -0.00474 e. The van der Waals surface area contributed by atoms with Gasteiger partial charge in [-0.2, -0.15) is 0 Å². The molecule has 1 aliphatic rings. The zero-order valence-corrected chi connectivity index (χ0v) is 8.90. The van der Waals surface area contributed by atoms with E-state index in [9.17, 15) is 0 Å². The second kappa shape index (κ2) is 9.01. The molecule has 0 aromatic rings. The number of hydrogen-bond donors (Lipinski definition) is 1. The molecule has 0 amide bonds. The summed E-state index contributed by atoms with van der Waals surface area (Å²) >= 11 is 0. The molecule has 0 unspecified atom stereocenters. The van der Waals surface area contributed by atoms with Crippen molar-refractivity contribution in [3.63, 3.8) is 0 Å². The van der Waals surface area contributed by atoms with Gasteiger partial charge in [0.1, 0.15) is 0 Å². The van der Waals surface area contributed by atoms with E-state index in [0.717, 1.165) is 0 Å². The lowest BCUT2D eigenvalue weighted by Crippen LogP contribution is -2.21. The first-order chi connectivity index (χ1) is 5.85. The van der Waals surface area contributed by atoms with Crippen LogP contribution in [-0.2, 0) is 0 Å². The van der Waals surface area contributed by atoms with E-state index in [4.69, 9.17) is 0 Å². The van der Waals surface area contributed by atoms with Crippen LogP contribution in [0.5, 0.6) is 0 Å². The maximum atomic E-state index is 3.22. The summed E-state index contributed by atoms with van der Waals surface area (Å²) in [6, 6.07) is 0. The minimum Gasteiger partial charge on any atom is -0.317 e. The molecule has 2 heteroatoms. The zero-order chi connectivity index (χ0) is 9.23. The molecule has 1 rings (SSSR count). The van der Waals surface area contributed by atoms with E-state index in [0.29, 0.717) is 0 Å². The van der Waals surface area contributed by atoms with Gasteiger partial charge in [0.05, 0.1) is 0 Å². The van der Waals surface area contributed by atoms with Crippen molar-refractivity contribution in [1.82, 2.24) is 10.2 Å². The minimum absolute atomic E-state index is 1.19. The molecule has 1 fully saturated rings. The van der Waals surface area contributed by atoms with Gasteiger partial charge in [0.15, 0.2) is 0 Å². The van der Waals surface area contributed by atoms with Gasteiger partial charge in [-0.15, -0.1) is 0 Å². The summed E-state index contributed by atoms with van der Waals surface area (Å²) in [6.45, 7) is 12.6. The average molecular weight is 172 g/mol. The van der Waals surface area contributed by atoms with Gasteiger partial charge < -0.3 is 10.2 Å². The summed E-state index contributed by atoms with van der Waals surface area (Å²) in [5.41, 5.74) is 0. The standard InChI is InChI=1S/C6H15N.C4H9N/c1-4-7(5-2)6-3;1-2-4-5-3-1/h4-6H2,1-3H3;5H,1-4H2. The van der Waals surface area contributed by atoms with Crippen molar-refractivity contribution in [1.29, 1.82) is 0 Å². The highest BCUT2D eigenvalue weighted by Crippen LogP contribution is 1.90. The van der Waals surface area contributed by atoms with E-state index < -0.39 is 0 Å². The van der Waals surface area contributed by atoms with Crippen LogP contribution in [0.3, 0.4) is 0 Å². The van der Waals surface area contributed by atoms with Gasteiger partial charge in [-0.3, -0.25) is 0 Å². The topological polar surface area (TPSA) is 15.3 Å². The Bertz CT molecular complexity index is 62.8. The predicted octanol–water partition coefficient (Wildman–Crippen LogP) is 1.72. The van der Waals surface area contributed by atoms with Crippen LogP contribution in [-0.4, -0.2) is 37.6 Å². The fourth-order valence-corrected chi connectivity index (χ4v) is 1.30. The largest absolute Gasteiger partial charge is 0.317 e. The molecule has 0 aromatic heterocycles. The van der Waals surface area contributed by atoms with Crippen LogP contribution < -0.4 is 5.32 Å². The molecule has 1 aliphatic heterocycles. The Morgan fingerprint density at radius 3 is 1.42 bits per heavy atom. The summed E-state index contributed by atoms with van der Waals surface area (Å²) in [4.78, 5) is 2.38. The average Bonchev–Trinajstić information content (AvgIpc) is 2.64. The van der Waals surface area contributed by atoms with Crippen molar-refractivity contribution in [2.45, 2.75) is 33.6 Å². The summed E-state index contributed by atoms with van der Waals surface area (Å²) in [5.74, 6) is 0. The van der Waals surface area contributed by atoms with Crippen LogP contribution in [0.25, 0.3) is 0 Å². The van der Waals surface area contributed by atoms with Gasteiger partial charge in [0, 0.05) is 0 Å². The van der Waals surface area contributed by atoms with Crippen molar-refractivity contribution in [2.24, 2.45) is 0 Å². The highest BCUT2D eigenvalue weighted by molar-refractivity contribution is 4.55. The van der Waals surface area contributed by atoms with E-state index in [-0.39, 0.29) is 0 Å². The Morgan fingerprint density at radius 1 is 0.917 bits per heavy atom. The normalized spacial score (nSPS) is 16.0. The molecule has 0 aromatic carbocycles. The smallest absolute Gasteiger partial charge is 0.00474 e. The van der Waals surface area contributed by atoms with Crippen molar-refractivity contribution in [2.75, 3.05) is 32.7 Å². The Morgan fingerprint density at radius 2 is 1.33 bits per heavy atom. The van der Waals surface area contributed by atoms with Gasteiger partial charge in [0.25, 0.3) is 0 Å². The highest BCUT2D eigenvalue weighted by Gasteiger charge is 1.93. The molecule has 12 heavy (non-hydrogen) atoms. The van der Waals surface area contributed by atoms with Crippen LogP contribution >= 0.6 is 0 Å². The quantitative estimate of drug-likeness (QED) is 0.697. The second-order valence-electron chi connectivity index (χ2n) is 3.08. The molecule has 0 atom stereocenters. The third-order valence-electron chi connectivity index (χ3n) is 2.30. The maximum absolute atomic E-state index is 3.22. The monoisotopic (exact) mass is 172 g/mol. The molecule has 0 bridgehead atoms. The molecule has 74 valence electrons. The van der Waals surface area contributed by atoms with Gasteiger partial charge in [0.2, 0.25) is 0 Å². The first-order valence-electron chi connectivity index (χ1n) is 5.28. The first-order valence-corrected chi connectivity index (χ1v) is 5.28. The highest BCUT2D eigenvalue weighted by atomic mass is 15.1. The third-order valence-corrected chi connectivity index (χ3v) is 2.30. The van der Waals surface area contributed by atoms with E-state index >= 15 is 0 Å². The lowest BCUT2D eigenvalue weighted by molar-refractivity contribution is 0.321. The van der Waals surface area contributed by atoms with E-state index in [1.807, 2.05) is 0 Å². The SMILES string of the molecule is C1CCNC1.CCN(CC)CC. The van der Waals surface area contributed by atoms with Crippen molar-refractivity contribution < 1.29 is 0 Å². The summed E-state index contributed by atoms with van der Waals surface area (Å²) in [7, 11) is 0. The van der Waals surface area contributed by atoms with Crippen molar-refractivity contribution in [3.8, 4) is 0 Å². The van der Waals surface area contributed by atoms with Gasteiger partial charge in [-0.1, -0.05) is 20.8 Å². The van der Waals surface area contributed by atoms with Gasteiger partial charge >= 0.3 is 0 Å². The number of nitrogens with zero attached hydrogens (tertiary/aromatic N) is 1.